The van der Waals surface area contributed by atoms with Crippen molar-refractivity contribution in [2.45, 2.75) is 6.92 Å². The van der Waals surface area contributed by atoms with Gasteiger partial charge in [-0.15, -0.1) is 0 Å². The number of anilines is 2. The summed E-state index contributed by atoms with van der Waals surface area (Å²) in [6, 6.07) is 4.16. The minimum absolute atomic E-state index is 0.179. The van der Waals surface area contributed by atoms with Gasteiger partial charge in [-0.2, -0.15) is 0 Å². The molecule has 0 aromatic heterocycles. The molecule has 1 aromatic rings. The minimum atomic E-state index is -0.444. The molecule has 0 heterocycles. The fraction of sp³-hybridized carbons (Fsp3) is 0.222. The topological polar surface area (TPSA) is 50.4 Å². The molecule has 14 heavy (non-hydrogen) atoms. The van der Waals surface area contributed by atoms with E-state index in [1.54, 1.807) is 0 Å². The van der Waals surface area contributed by atoms with E-state index in [1.165, 1.54) is 32.2 Å². The molecule has 0 radical (unpaired) electrons. The molecule has 1 rings (SSSR count). The van der Waals surface area contributed by atoms with E-state index in [0.29, 0.717) is 5.69 Å². The van der Waals surface area contributed by atoms with Gasteiger partial charge in [0.05, 0.1) is 12.8 Å². The number of carbonyl (C=O) groups is 1. The van der Waals surface area contributed by atoms with Gasteiger partial charge in [0.25, 0.3) is 0 Å². The van der Waals surface area contributed by atoms with Crippen LogP contribution in [0.15, 0.2) is 18.2 Å². The maximum atomic E-state index is 13.0. The monoisotopic (exact) mass is 198 g/mol. The van der Waals surface area contributed by atoms with Gasteiger partial charge in [-0.25, -0.2) is 4.39 Å². The van der Waals surface area contributed by atoms with E-state index in [9.17, 15) is 9.18 Å². The summed E-state index contributed by atoms with van der Waals surface area (Å²) in [4.78, 5) is 15.3. The highest BCUT2D eigenvalue weighted by Crippen LogP contribution is 2.19. The number of amides is 1. The third-order valence-corrected chi connectivity index (χ3v) is 1.50. The van der Waals surface area contributed by atoms with Gasteiger partial charge in [0.2, 0.25) is 5.91 Å². The number of hydrogen-bond acceptors (Lipinski definition) is 3. The van der Waals surface area contributed by atoms with Crippen LogP contribution in [0, 0.1) is 5.82 Å². The average Bonchev–Trinajstić information content (AvgIpc) is 2.10. The summed E-state index contributed by atoms with van der Waals surface area (Å²) in [5.74, 6) is -0.652. The van der Waals surface area contributed by atoms with E-state index < -0.39 is 5.82 Å². The zero-order valence-electron chi connectivity index (χ0n) is 7.93. The van der Waals surface area contributed by atoms with Crippen LogP contribution in [0.2, 0.25) is 0 Å². The highest BCUT2D eigenvalue weighted by atomic mass is 19.1. The SMILES string of the molecule is CONc1cc(NC(C)=O)ccc1F. The number of nitrogens with one attached hydrogen (secondary N) is 2. The van der Waals surface area contributed by atoms with Gasteiger partial charge in [0.1, 0.15) is 5.82 Å². The predicted molar refractivity (Wildman–Crippen MR) is 51.3 cm³/mol. The first-order valence-corrected chi connectivity index (χ1v) is 3.99. The predicted octanol–water partition coefficient (Wildman–Crippen LogP) is 1.76. The Morgan fingerprint density at radius 1 is 1.50 bits per heavy atom. The van der Waals surface area contributed by atoms with Crippen molar-refractivity contribution in [1.29, 1.82) is 0 Å². The van der Waals surface area contributed by atoms with Gasteiger partial charge < -0.3 is 5.32 Å². The fourth-order valence-electron chi connectivity index (χ4n) is 0.994. The van der Waals surface area contributed by atoms with Crippen molar-refractivity contribution in [3.05, 3.63) is 24.0 Å². The lowest BCUT2D eigenvalue weighted by Gasteiger charge is -2.07. The molecule has 76 valence electrons. The second kappa shape index (κ2) is 4.57. The lowest BCUT2D eigenvalue weighted by atomic mass is 10.2. The van der Waals surface area contributed by atoms with Crippen LogP contribution >= 0.6 is 0 Å². The van der Waals surface area contributed by atoms with Crippen molar-refractivity contribution in [2.24, 2.45) is 0 Å². The molecule has 1 amide bonds. The molecule has 0 fully saturated rings. The van der Waals surface area contributed by atoms with Crippen molar-refractivity contribution in [2.75, 3.05) is 17.9 Å². The van der Waals surface area contributed by atoms with Gasteiger partial charge in [0.15, 0.2) is 0 Å². The van der Waals surface area contributed by atoms with Gasteiger partial charge in [0, 0.05) is 12.6 Å². The first-order chi connectivity index (χ1) is 6.63. The molecule has 0 spiro atoms. The molecular weight excluding hydrogens is 187 g/mol. The smallest absolute Gasteiger partial charge is 0.221 e. The molecule has 0 saturated heterocycles. The summed E-state index contributed by atoms with van der Waals surface area (Å²) in [7, 11) is 1.38. The lowest BCUT2D eigenvalue weighted by molar-refractivity contribution is -0.114. The summed E-state index contributed by atoms with van der Waals surface area (Å²) < 4.78 is 13.0. The molecule has 1 aromatic carbocycles. The standard InChI is InChI=1S/C9H11FN2O2/c1-6(13)11-7-3-4-8(10)9(5-7)12-14-2/h3-5,12H,1-2H3,(H,11,13). The second-order valence-corrected chi connectivity index (χ2v) is 2.68. The second-order valence-electron chi connectivity index (χ2n) is 2.68. The Kier molecular flexibility index (Phi) is 3.41. The lowest BCUT2D eigenvalue weighted by Crippen LogP contribution is -2.07. The van der Waals surface area contributed by atoms with E-state index in [1.807, 2.05) is 0 Å². The number of rotatable bonds is 3. The number of carbonyl (C=O) groups excluding carboxylic acids is 1. The molecule has 0 aliphatic rings. The Labute approximate surface area is 81.0 Å². The van der Waals surface area contributed by atoms with Crippen LogP contribution in [0.3, 0.4) is 0 Å². The Morgan fingerprint density at radius 3 is 2.79 bits per heavy atom. The molecule has 4 nitrogen and oxygen atoms in total. The summed E-state index contributed by atoms with van der Waals surface area (Å²) in [5.41, 5.74) is 3.05. The van der Waals surface area contributed by atoms with E-state index in [0.717, 1.165) is 0 Å². The highest BCUT2D eigenvalue weighted by Gasteiger charge is 2.03. The number of benzene rings is 1. The molecule has 0 aliphatic heterocycles. The molecular formula is C9H11FN2O2. The quantitative estimate of drug-likeness (QED) is 0.727. The van der Waals surface area contributed by atoms with Crippen molar-refractivity contribution in [3.63, 3.8) is 0 Å². The van der Waals surface area contributed by atoms with Gasteiger partial charge in [-0.3, -0.25) is 15.1 Å². The minimum Gasteiger partial charge on any atom is -0.326 e. The van der Waals surface area contributed by atoms with Gasteiger partial charge >= 0.3 is 0 Å². The third kappa shape index (κ3) is 2.70. The van der Waals surface area contributed by atoms with E-state index >= 15 is 0 Å². The average molecular weight is 198 g/mol. The highest BCUT2D eigenvalue weighted by molar-refractivity contribution is 5.89. The number of hydrogen-bond donors (Lipinski definition) is 2. The Balaban J connectivity index is 2.88. The molecule has 2 N–H and O–H groups in total. The summed E-state index contributed by atoms with van der Waals surface area (Å²) >= 11 is 0. The summed E-state index contributed by atoms with van der Waals surface area (Å²) in [5, 5.41) is 2.53. The number of halogens is 1. The molecule has 0 atom stereocenters. The van der Waals surface area contributed by atoms with Crippen LogP contribution in [0.5, 0.6) is 0 Å². The van der Waals surface area contributed by atoms with Gasteiger partial charge in [-0.1, -0.05) is 0 Å². The normalized spacial score (nSPS) is 9.64. The van der Waals surface area contributed by atoms with Crippen molar-refractivity contribution < 1.29 is 14.0 Å². The van der Waals surface area contributed by atoms with Crippen LogP contribution in [0.25, 0.3) is 0 Å². The third-order valence-electron chi connectivity index (χ3n) is 1.50. The van der Waals surface area contributed by atoms with Crippen LogP contribution < -0.4 is 10.8 Å². The largest absolute Gasteiger partial charge is 0.326 e. The Morgan fingerprint density at radius 2 is 2.21 bits per heavy atom. The Hall–Kier alpha value is -1.62. The molecule has 0 aliphatic carbocycles. The molecule has 5 heteroatoms. The molecule has 0 saturated carbocycles. The zero-order valence-corrected chi connectivity index (χ0v) is 7.93. The first kappa shape index (κ1) is 10.5. The van der Waals surface area contributed by atoms with Crippen molar-refractivity contribution >= 4 is 17.3 Å². The van der Waals surface area contributed by atoms with E-state index in [4.69, 9.17) is 0 Å². The fourth-order valence-corrected chi connectivity index (χ4v) is 0.994. The summed E-state index contributed by atoms with van der Waals surface area (Å²) in [6.07, 6.45) is 0. The molecule has 0 unspecified atom stereocenters. The van der Waals surface area contributed by atoms with E-state index in [-0.39, 0.29) is 11.6 Å². The molecule has 0 bridgehead atoms. The van der Waals surface area contributed by atoms with Crippen molar-refractivity contribution in [1.82, 2.24) is 0 Å². The van der Waals surface area contributed by atoms with Crippen molar-refractivity contribution in [3.8, 4) is 0 Å². The van der Waals surface area contributed by atoms with Crippen LogP contribution in [-0.2, 0) is 9.63 Å². The Bertz CT molecular complexity index is 342. The maximum absolute atomic E-state index is 13.0. The van der Waals surface area contributed by atoms with Gasteiger partial charge in [-0.05, 0) is 18.2 Å². The maximum Gasteiger partial charge on any atom is 0.221 e. The first-order valence-electron chi connectivity index (χ1n) is 3.99. The zero-order chi connectivity index (χ0) is 10.6. The van der Waals surface area contributed by atoms with Crippen LogP contribution in [0.4, 0.5) is 15.8 Å². The van der Waals surface area contributed by atoms with Crippen LogP contribution in [0.1, 0.15) is 6.92 Å². The summed E-state index contributed by atoms with van der Waals surface area (Å²) in [6.45, 7) is 1.38. The van der Waals surface area contributed by atoms with E-state index in [2.05, 4.69) is 15.6 Å². The van der Waals surface area contributed by atoms with Crippen LogP contribution in [-0.4, -0.2) is 13.0 Å².